The van der Waals surface area contributed by atoms with Crippen LogP contribution in [0.1, 0.15) is 62.5 Å². The van der Waals surface area contributed by atoms with Crippen molar-refractivity contribution in [2.75, 3.05) is 44.6 Å². The van der Waals surface area contributed by atoms with E-state index in [-0.39, 0.29) is 12.3 Å². The summed E-state index contributed by atoms with van der Waals surface area (Å²) in [6, 6.07) is 2.58. The molecule has 0 aromatic carbocycles. The Balaban J connectivity index is 1.27. The van der Waals surface area contributed by atoms with E-state index in [4.69, 9.17) is 4.98 Å². The molecule has 1 aliphatic carbocycles. The summed E-state index contributed by atoms with van der Waals surface area (Å²) >= 11 is 0. The lowest BCUT2D eigenvalue weighted by Gasteiger charge is -2.36. The van der Waals surface area contributed by atoms with Crippen molar-refractivity contribution in [3.63, 3.8) is 0 Å². The maximum atomic E-state index is 12.2. The van der Waals surface area contributed by atoms with Gasteiger partial charge >= 0.3 is 0 Å². The molecule has 2 aromatic heterocycles. The quantitative estimate of drug-likeness (QED) is 0.402. The van der Waals surface area contributed by atoms with Gasteiger partial charge in [0.05, 0.1) is 11.9 Å². The van der Waals surface area contributed by atoms with Gasteiger partial charge in [-0.05, 0) is 75.1 Å². The minimum atomic E-state index is -0.112. The molecule has 2 aromatic rings. The van der Waals surface area contributed by atoms with Gasteiger partial charge in [0.1, 0.15) is 5.65 Å². The summed E-state index contributed by atoms with van der Waals surface area (Å²) in [4.78, 5) is 30.0. The molecule has 3 fully saturated rings. The normalized spacial score (nSPS) is 20.7. The number of likely N-dealkylation sites (tertiary alicyclic amines) is 1. The summed E-state index contributed by atoms with van der Waals surface area (Å²) < 4.78 is 2.42. The van der Waals surface area contributed by atoms with Gasteiger partial charge in [-0.25, -0.2) is 4.98 Å². The highest BCUT2D eigenvalue weighted by Gasteiger charge is 2.30. The summed E-state index contributed by atoms with van der Waals surface area (Å²) in [5.41, 5.74) is 3.16. The molecule has 8 nitrogen and oxygen atoms in total. The Morgan fingerprint density at radius 2 is 1.94 bits per heavy atom. The molecule has 3 N–H and O–H groups in total. The van der Waals surface area contributed by atoms with Gasteiger partial charge in [0.25, 0.3) is 0 Å². The lowest BCUT2D eigenvalue weighted by molar-refractivity contribution is -0.116. The predicted octanol–water partition coefficient (Wildman–Crippen LogP) is 2.62. The number of nitrogens with one attached hydrogen (secondary N) is 3. The molecule has 1 saturated carbocycles. The van der Waals surface area contributed by atoms with Gasteiger partial charge in [-0.2, -0.15) is 0 Å². The van der Waals surface area contributed by atoms with E-state index in [9.17, 15) is 9.59 Å². The average Bonchev–Trinajstić information content (AvgIpc) is 3.61. The summed E-state index contributed by atoms with van der Waals surface area (Å²) in [7, 11) is 0. The largest absolute Gasteiger partial charge is 0.358 e. The van der Waals surface area contributed by atoms with E-state index in [1.165, 1.54) is 69.1 Å². The maximum absolute atomic E-state index is 12.2. The minimum absolute atomic E-state index is 0.112. The highest BCUT2D eigenvalue weighted by molar-refractivity contribution is 5.93. The third kappa shape index (κ3) is 5.38. The van der Waals surface area contributed by atoms with Gasteiger partial charge in [-0.1, -0.05) is 0 Å². The van der Waals surface area contributed by atoms with E-state index in [1.54, 1.807) is 6.20 Å². The summed E-state index contributed by atoms with van der Waals surface area (Å²) in [5.74, 6) is 1.36. The molecule has 0 spiro atoms. The Morgan fingerprint density at radius 3 is 2.67 bits per heavy atom. The van der Waals surface area contributed by atoms with Gasteiger partial charge in [0, 0.05) is 50.2 Å². The molecule has 3 aliphatic rings. The standard InChI is InChI=1S/C25H36N6O2/c32-17-27-10-5-24(33)29-20-13-22-23(19-1-2-19)16-31(25(22)28-14-20)21-6-11-30(12-7-21)15-18-3-8-26-9-4-18/h13-14,16-19,21,26H,1-12,15H2,(H,27,32)(H,29,33). The minimum Gasteiger partial charge on any atom is -0.358 e. The highest BCUT2D eigenvalue weighted by Crippen LogP contribution is 2.45. The van der Waals surface area contributed by atoms with Crippen molar-refractivity contribution in [3.8, 4) is 0 Å². The average molecular weight is 453 g/mol. The molecule has 2 amide bonds. The number of fused-ring (bicyclic) bond motifs is 1. The number of aromatic nitrogens is 2. The molecule has 5 rings (SSSR count). The fraction of sp³-hybridized carbons (Fsp3) is 0.640. The van der Waals surface area contributed by atoms with Crippen molar-refractivity contribution in [1.82, 2.24) is 25.1 Å². The van der Waals surface area contributed by atoms with E-state index in [2.05, 4.69) is 37.7 Å². The molecule has 4 heterocycles. The highest BCUT2D eigenvalue weighted by atomic mass is 16.1. The van der Waals surface area contributed by atoms with Crippen LogP contribution in [0.15, 0.2) is 18.5 Å². The summed E-state index contributed by atoms with van der Waals surface area (Å²) in [6.45, 7) is 6.25. The molecule has 0 atom stereocenters. The van der Waals surface area contributed by atoms with E-state index in [0.717, 1.165) is 30.3 Å². The molecule has 33 heavy (non-hydrogen) atoms. The van der Waals surface area contributed by atoms with Gasteiger partial charge < -0.3 is 25.4 Å². The first-order valence-corrected chi connectivity index (χ1v) is 12.6. The fourth-order valence-electron chi connectivity index (χ4n) is 5.50. The second kappa shape index (κ2) is 10.2. The molecule has 178 valence electrons. The number of piperidine rings is 2. The number of pyridine rings is 1. The van der Waals surface area contributed by atoms with Crippen molar-refractivity contribution in [2.24, 2.45) is 5.92 Å². The molecule has 0 radical (unpaired) electrons. The fourth-order valence-corrected chi connectivity index (χ4v) is 5.50. The van der Waals surface area contributed by atoms with E-state index < -0.39 is 0 Å². The van der Waals surface area contributed by atoms with Crippen LogP contribution in [0, 0.1) is 5.92 Å². The van der Waals surface area contributed by atoms with Crippen LogP contribution in [-0.4, -0.2) is 66.0 Å². The number of carbonyl (C=O) groups excluding carboxylic acids is 2. The molecule has 2 saturated heterocycles. The van der Waals surface area contributed by atoms with Crippen LogP contribution in [0.3, 0.4) is 0 Å². The molecule has 0 bridgehead atoms. The van der Waals surface area contributed by atoms with Crippen LogP contribution in [0.25, 0.3) is 11.0 Å². The molecule has 8 heteroatoms. The third-order valence-electron chi connectivity index (χ3n) is 7.51. The SMILES string of the molecule is O=CNCCC(=O)Nc1cnc2c(c1)c(C1CC1)cn2C1CCN(CC2CCNCC2)CC1. The van der Waals surface area contributed by atoms with Crippen LogP contribution < -0.4 is 16.0 Å². The smallest absolute Gasteiger partial charge is 0.226 e. The van der Waals surface area contributed by atoms with Crippen molar-refractivity contribution in [3.05, 3.63) is 24.0 Å². The van der Waals surface area contributed by atoms with Gasteiger partial charge in [-0.15, -0.1) is 0 Å². The second-order valence-electron chi connectivity index (χ2n) is 9.96. The maximum Gasteiger partial charge on any atom is 0.226 e. The van der Waals surface area contributed by atoms with Crippen molar-refractivity contribution in [1.29, 1.82) is 0 Å². The van der Waals surface area contributed by atoms with Crippen LogP contribution >= 0.6 is 0 Å². The first-order valence-electron chi connectivity index (χ1n) is 12.6. The summed E-state index contributed by atoms with van der Waals surface area (Å²) in [5, 5.41) is 10.1. The Morgan fingerprint density at radius 1 is 1.15 bits per heavy atom. The Bertz CT molecular complexity index is 971. The number of hydrogen-bond donors (Lipinski definition) is 3. The zero-order valence-corrected chi connectivity index (χ0v) is 19.4. The third-order valence-corrected chi connectivity index (χ3v) is 7.51. The van der Waals surface area contributed by atoms with Gasteiger partial charge in [-0.3, -0.25) is 9.59 Å². The number of anilines is 1. The van der Waals surface area contributed by atoms with Gasteiger partial charge in [0.15, 0.2) is 0 Å². The Hall–Kier alpha value is -2.45. The number of carbonyl (C=O) groups is 2. The Labute approximate surface area is 195 Å². The number of hydrogen-bond acceptors (Lipinski definition) is 5. The molecule has 0 unspecified atom stereocenters. The molecule has 2 aliphatic heterocycles. The van der Waals surface area contributed by atoms with Crippen LogP contribution in [0.2, 0.25) is 0 Å². The van der Waals surface area contributed by atoms with E-state index >= 15 is 0 Å². The lowest BCUT2D eigenvalue weighted by Crippen LogP contribution is -2.40. The first-order chi connectivity index (χ1) is 16.2. The zero-order chi connectivity index (χ0) is 22.6. The van der Waals surface area contributed by atoms with E-state index in [0.29, 0.717) is 24.9 Å². The molecular weight excluding hydrogens is 416 g/mol. The monoisotopic (exact) mass is 452 g/mol. The molecular formula is C25H36N6O2. The van der Waals surface area contributed by atoms with E-state index in [1.807, 2.05) is 0 Å². The van der Waals surface area contributed by atoms with Gasteiger partial charge in [0.2, 0.25) is 12.3 Å². The Kier molecular flexibility index (Phi) is 6.92. The first kappa shape index (κ1) is 22.3. The van der Waals surface area contributed by atoms with Crippen molar-refractivity contribution >= 4 is 29.0 Å². The van der Waals surface area contributed by atoms with Crippen molar-refractivity contribution in [2.45, 2.75) is 56.9 Å². The number of rotatable bonds is 9. The topological polar surface area (TPSA) is 91.3 Å². The van der Waals surface area contributed by atoms with Crippen LogP contribution in [-0.2, 0) is 9.59 Å². The van der Waals surface area contributed by atoms with Crippen molar-refractivity contribution < 1.29 is 9.59 Å². The van der Waals surface area contributed by atoms with Crippen LogP contribution in [0.5, 0.6) is 0 Å². The summed E-state index contributed by atoms with van der Waals surface area (Å²) in [6.07, 6.45) is 12.4. The lowest BCUT2D eigenvalue weighted by atomic mass is 9.96. The zero-order valence-electron chi connectivity index (χ0n) is 19.4. The van der Waals surface area contributed by atoms with Crippen LogP contribution in [0.4, 0.5) is 5.69 Å². The predicted molar refractivity (Wildman–Crippen MR) is 129 cm³/mol. The second-order valence-corrected chi connectivity index (χ2v) is 9.96. The number of amides is 2. The number of nitrogens with zero attached hydrogens (tertiary/aromatic N) is 3.